The molecular formula is C32H23BN4. The zero-order chi connectivity index (χ0) is 24.6. The number of anilines is 4. The Kier molecular flexibility index (Phi) is 5.18. The molecule has 174 valence electrons. The molecule has 0 fully saturated rings. The van der Waals surface area contributed by atoms with E-state index in [1.54, 1.807) is 0 Å². The Morgan fingerprint density at radius 1 is 0.486 bits per heavy atom. The van der Waals surface area contributed by atoms with Crippen molar-refractivity contribution in [3.63, 3.8) is 0 Å². The van der Waals surface area contributed by atoms with Gasteiger partial charge in [-0.2, -0.15) is 0 Å². The Morgan fingerprint density at radius 2 is 1.03 bits per heavy atom. The second-order valence-electron chi connectivity index (χ2n) is 9.14. The van der Waals surface area contributed by atoms with Crippen LogP contribution in [0.4, 0.5) is 22.7 Å². The highest BCUT2D eigenvalue weighted by Gasteiger charge is 2.43. The third kappa shape index (κ3) is 3.72. The van der Waals surface area contributed by atoms with E-state index < -0.39 is 0 Å². The van der Waals surface area contributed by atoms with E-state index in [2.05, 4.69) is 124 Å². The van der Waals surface area contributed by atoms with E-state index in [1.165, 1.54) is 16.8 Å². The van der Waals surface area contributed by atoms with Crippen LogP contribution < -0.4 is 15.1 Å². The average Bonchev–Trinajstić information content (AvgIpc) is 3.33. The van der Waals surface area contributed by atoms with Gasteiger partial charge in [0.1, 0.15) is 0 Å². The minimum Gasteiger partial charge on any atom is -0.360 e. The van der Waals surface area contributed by atoms with Crippen LogP contribution in [0.25, 0.3) is 22.3 Å². The molecule has 1 aliphatic heterocycles. The largest absolute Gasteiger partial charge is 0.420 e. The van der Waals surface area contributed by atoms with Gasteiger partial charge in [0.25, 0.3) is 0 Å². The first-order chi connectivity index (χ1) is 18.4. The van der Waals surface area contributed by atoms with Gasteiger partial charge < -0.3 is 9.62 Å². The highest BCUT2D eigenvalue weighted by atomic mass is 15.3. The zero-order valence-electron chi connectivity index (χ0n) is 20.1. The summed E-state index contributed by atoms with van der Waals surface area (Å²) >= 11 is 0. The van der Waals surface area contributed by atoms with Crippen LogP contribution in [0.15, 0.2) is 140 Å². The first-order valence-electron chi connectivity index (χ1n) is 12.5. The van der Waals surface area contributed by atoms with Gasteiger partial charge in [0.15, 0.2) is 0 Å². The van der Waals surface area contributed by atoms with Gasteiger partial charge in [0.2, 0.25) is 0 Å². The first-order valence-corrected chi connectivity index (χ1v) is 12.5. The number of nitrogens with zero attached hydrogens (tertiary/aromatic N) is 4. The lowest BCUT2D eigenvalue weighted by Gasteiger charge is -2.30. The average molecular weight is 474 g/mol. The fourth-order valence-corrected chi connectivity index (χ4v) is 5.21. The fraction of sp³-hybridized carbons (Fsp3) is 0. The summed E-state index contributed by atoms with van der Waals surface area (Å²) in [5.74, 6) is 0. The standard InChI is InChI=1S/C32H23BN4/c1-3-11-25(12-4-1)33-36(26-13-5-2-6-14-26)31-17-9-10-18-32(31)37(33)27-21-19-24(20-22-27)30-23-34-28-15-7-8-16-29(28)35-30/h1-23H. The maximum atomic E-state index is 4.84. The second kappa shape index (κ2) is 8.96. The number of para-hydroxylation sites is 5. The molecule has 0 bridgehead atoms. The number of rotatable bonds is 4. The van der Waals surface area contributed by atoms with Gasteiger partial charge in [-0.25, -0.2) is 4.98 Å². The molecule has 37 heavy (non-hydrogen) atoms. The molecule has 4 nitrogen and oxygen atoms in total. The van der Waals surface area contributed by atoms with E-state index in [0.29, 0.717) is 0 Å². The van der Waals surface area contributed by atoms with E-state index >= 15 is 0 Å². The molecule has 0 N–H and O–H groups in total. The Hall–Kier alpha value is -4.90. The van der Waals surface area contributed by atoms with Crippen molar-refractivity contribution in [2.75, 3.05) is 9.62 Å². The Morgan fingerprint density at radius 3 is 1.70 bits per heavy atom. The molecule has 6 aromatic rings. The van der Waals surface area contributed by atoms with Crippen molar-refractivity contribution in [2.45, 2.75) is 0 Å². The fourth-order valence-electron chi connectivity index (χ4n) is 5.21. The third-order valence-corrected chi connectivity index (χ3v) is 6.91. The van der Waals surface area contributed by atoms with Crippen LogP contribution in [0.2, 0.25) is 0 Å². The lowest BCUT2D eigenvalue weighted by molar-refractivity contribution is 1.29. The van der Waals surface area contributed by atoms with Gasteiger partial charge in [-0.15, -0.1) is 0 Å². The summed E-state index contributed by atoms with van der Waals surface area (Å²) in [5, 5.41) is 0. The molecule has 5 aromatic carbocycles. The van der Waals surface area contributed by atoms with E-state index in [1.807, 2.05) is 30.5 Å². The van der Waals surface area contributed by atoms with Gasteiger partial charge in [-0.3, -0.25) is 4.98 Å². The summed E-state index contributed by atoms with van der Waals surface area (Å²) in [6.07, 6.45) is 1.85. The monoisotopic (exact) mass is 474 g/mol. The molecule has 1 aromatic heterocycles. The Labute approximate surface area is 216 Å². The summed E-state index contributed by atoms with van der Waals surface area (Å²) < 4.78 is 0. The summed E-state index contributed by atoms with van der Waals surface area (Å²) in [5.41, 5.74) is 9.61. The predicted octanol–water partition coefficient (Wildman–Crippen LogP) is 6.98. The molecule has 0 saturated carbocycles. The van der Waals surface area contributed by atoms with Crippen LogP contribution in [0.5, 0.6) is 0 Å². The summed E-state index contributed by atoms with van der Waals surface area (Å²) in [6, 6.07) is 46.6. The van der Waals surface area contributed by atoms with Gasteiger partial charge >= 0.3 is 6.98 Å². The minimum absolute atomic E-state index is 0.0210. The minimum atomic E-state index is -0.0210. The second-order valence-corrected chi connectivity index (χ2v) is 9.14. The summed E-state index contributed by atoms with van der Waals surface area (Å²) in [4.78, 5) is 14.3. The number of benzene rings is 5. The normalized spacial score (nSPS) is 12.7. The highest BCUT2D eigenvalue weighted by molar-refractivity contribution is 6.84. The van der Waals surface area contributed by atoms with Crippen molar-refractivity contribution in [1.82, 2.24) is 9.97 Å². The molecule has 0 saturated heterocycles. The van der Waals surface area contributed by atoms with Crippen LogP contribution >= 0.6 is 0 Å². The molecular weight excluding hydrogens is 451 g/mol. The maximum absolute atomic E-state index is 4.84. The van der Waals surface area contributed by atoms with Crippen LogP contribution in [0.3, 0.4) is 0 Å². The number of aromatic nitrogens is 2. The van der Waals surface area contributed by atoms with Gasteiger partial charge in [-0.05, 0) is 54.0 Å². The Bertz CT molecular complexity index is 1690. The van der Waals surface area contributed by atoms with E-state index in [0.717, 1.165) is 33.7 Å². The van der Waals surface area contributed by atoms with E-state index in [-0.39, 0.29) is 6.98 Å². The van der Waals surface area contributed by atoms with Crippen molar-refractivity contribution in [3.8, 4) is 11.3 Å². The highest BCUT2D eigenvalue weighted by Crippen LogP contribution is 2.46. The predicted molar refractivity (Wildman–Crippen MR) is 154 cm³/mol. The molecule has 0 amide bonds. The molecule has 5 heteroatoms. The van der Waals surface area contributed by atoms with Crippen LogP contribution in [0, 0.1) is 0 Å². The molecule has 0 spiro atoms. The molecule has 0 radical (unpaired) electrons. The lowest BCUT2D eigenvalue weighted by Crippen LogP contribution is -2.53. The van der Waals surface area contributed by atoms with Crippen LogP contribution in [-0.2, 0) is 0 Å². The van der Waals surface area contributed by atoms with Crippen molar-refractivity contribution < 1.29 is 0 Å². The van der Waals surface area contributed by atoms with Gasteiger partial charge in [0.05, 0.1) is 34.3 Å². The lowest BCUT2D eigenvalue weighted by atomic mass is 9.64. The molecule has 1 aliphatic rings. The number of fused-ring (bicyclic) bond motifs is 2. The van der Waals surface area contributed by atoms with Crippen molar-refractivity contribution in [2.24, 2.45) is 0 Å². The quantitative estimate of drug-likeness (QED) is 0.258. The van der Waals surface area contributed by atoms with Crippen molar-refractivity contribution >= 4 is 46.2 Å². The molecule has 2 heterocycles. The number of hydrogen-bond donors (Lipinski definition) is 0. The topological polar surface area (TPSA) is 32.3 Å². The van der Waals surface area contributed by atoms with Gasteiger partial charge in [-0.1, -0.05) is 84.9 Å². The molecule has 0 aliphatic carbocycles. The van der Waals surface area contributed by atoms with Crippen LogP contribution in [-0.4, -0.2) is 17.0 Å². The molecule has 0 unspecified atom stereocenters. The van der Waals surface area contributed by atoms with E-state index in [9.17, 15) is 0 Å². The van der Waals surface area contributed by atoms with Crippen molar-refractivity contribution in [3.05, 3.63) is 140 Å². The molecule has 7 rings (SSSR count). The number of hydrogen-bond acceptors (Lipinski definition) is 4. The van der Waals surface area contributed by atoms with Crippen molar-refractivity contribution in [1.29, 1.82) is 0 Å². The first kappa shape index (κ1) is 21.4. The molecule has 0 atom stereocenters. The Balaban J connectivity index is 1.35. The summed E-state index contributed by atoms with van der Waals surface area (Å²) in [6.45, 7) is -0.0210. The maximum Gasteiger partial charge on any atom is 0.420 e. The SMILES string of the molecule is c1ccc(B2N(c3ccccc3)c3ccccc3N2c2ccc(-c3cnc4ccccc4n3)cc2)cc1. The third-order valence-electron chi connectivity index (χ3n) is 6.91. The summed E-state index contributed by atoms with van der Waals surface area (Å²) in [7, 11) is 0. The van der Waals surface area contributed by atoms with Crippen LogP contribution in [0.1, 0.15) is 0 Å². The smallest absolute Gasteiger partial charge is 0.360 e. The van der Waals surface area contributed by atoms with E-state index in [4.69, 9.17) is 4.98 Å². The van der Waals surface area contributed by atoms with Gasteiger partial charge in [0, 0.05) is 16.9 Å². The zero-order valence-corrected chi connectivity index (χ0v) is 20.1.